The van der Waals surface area contributed by atoms with E-state index in [1.165, 1.54) is 5.56 Å². The molecule has 0 radical (unpaired) electrons. The molecule has 0 bridgehead atoms. The van der Waals surface area contributed by atoms with Gasteiger partial charge in [-0.25, -0.2) is 9.97 Å². The zero-order valence-electron chi connectivity index (χ0n) is 11.7. The van der Waals surface area contributed by atoms with Gasteiger partial charge in [-0.1, -0.05) is 18.2 Å². The second-order valence-electron chi connectivity index (χ2n) is 5.10. The average Bonchev–Trinajstić information content (AvgIpc) is 2.48. The number of nitrogens with one attached hydrogen (secondary N) is 1. The number of hydrogen-bond donors (Lipinski definition) is 1. The van der Waals surface area contributed by atoms with Crippen LogP contribution in [0.15, 0.2) is 36.5 Å². The van der Waals surface area contributed by atoms with E-state index in [-0.39, 0.29) is 0 Å². The van der Waals surface area contributed by atoms with Crippen molar-refractivity contribution < 1.29 is 4.74 Å². The lowest BCUT2D eigenvalue weighted by Crippen LogP contribution is -2.26. The van der Waals surface area contributed by atoms with Crippen molar-refractivity contribution in [1.29, 1.82) is 0 Å². The van der Waals surface area contributed by atoms with Crippen LogP contribution in [0.2, 0.25) is 0 Å². The number of aromatic nitrogens is 2. The molecule has 2 aromatic rings. The van der Waals surface area contributed by atoms with Crippen molar-refractivity contribution in [3.05, 3.63) is 53.6 Å². The van der Waals surface area contributed by atoms with E-state index >= 15 is 0 Å². The number of nitrogens with zero attached hydrogens (tertiary/aromatic N) is 2. The molecule has 1 N–H and O–H groups in total. The van der Waals surface area contributed by atoms with Gasteiger partial charge in [0.15, 0.2) is 0 Å². The minimum absolute atomic E-state index is 0.517. The topological polar surface area (TPSA) is 47.0 Å². The van der Waals surface area contributed by atoms with Crippen molar-refractivity contribution in [3.63, 3.8) is 0 Å². The third-order valence-electron chi connectivity index (χ3n) is 3.61. The summed E-state index contributed by atoms with van der Waals surface area (Å²) in [6.07, 6.45) is 2.87. The maximum Gasteiger partial charge on any atom is 0.125 e. The number of ether oxygens (including phenoxy) is 1. The summed E-state index contributed by atoms with van der Waals surface area (Å²) in [7, 11) is 0. The molecule has 104 valence electrons. The van der Waals surface area contributed by atoms with E-state index in [9.17, 15) is 0 Å². The Labute approximate surface area is 119 Å². The van der Waals surface area contributed by atoms with Crippen LogP contribution in [0.4, 0.5) is 0 Å². The number of hydrogen-bond acceptors (Lipinski definition) is 4. The third-order valence-corrected chi connectivity index (χ3v) is 3.61. The van der Waals surface area contributed by atoms with Gasteiger partial charge in [-0.05, 0) is 31.0 Å². The molecule has 0 spiro atoms. The molecule has 0 saturated heterocycles. The van der Waals surface area contributed by atoms with Crippen molar-refractivity contribution >= 4 is 0 Å². The van der Waals surface area contributed by atoms with Crippen LogP contribution in [0.5, 0.6) is 5.75 Å². The van der Waals surface area contributed by atoms with Crippen LogP contribution in [-0.2, 0) is 6.54 Å². The Morgan fingerprint density at radius 3 is 3.10 bits per heavy atom. The van der Waals surface area contributed by atoms with Crippen LogP contribution in [-0.4, -0.2) is 23.1 Å². The number of aryl methyl sites for hydroxylation is 1. The fourth-order valence-corrected chi connectivity index (χ4v) is 2.61. The molecule has 20 heavy (non-hydrogen) atoms. The summed E-state index contributed by atoms with van der Waals surface area (Å²) in [6, 6.07) is 10.3. The molecule has 1 atom stereocenters. The minimum atomic E-state index is 0.517. The Bertz CT molecular complexity index is 585. The van der Waals surface area contributed by atoms with E-state index in [0.717, 1.165) is 43.4 Å². The van der Waals surface area contributed by atoms with Crippen LogP contribution in [0, 0.1) is 6.92 Å². The van der Waals surface area contributed by atoms with Gasteiger partial charge in [0.25, 0.3) is 0 Å². The molecule has 3 rings (SSSR count). The van der Waals surface area contributed by atoms with Gasteiger partial charge < -0.3 is 10.1 Å². The summed E-state index contributed by atoms with van der Waals surface area (Å²) in [5, 5.41) is 3.49. The number of rotatable bonds is 4. The smallest absolute Gasteiger partial charge is 0.125 e. The van der Waals surface area contributed by atoms with Gasteiger partial charge in [-0.2, -0.15) is 0 Å². The summed E-state index contributed by atoms with van der Waals surface area (Å²) in [4.78, 5) is 8.51. The lowest BCUT2D eigenvalue weighted by Gasteiger charge is -2.26. The largest absolute Gasteiger partial charge is 0.493 e. The highest BCUT2D eigenvalue weighted by molar-refractivity contribution is 5.37. The van der Waals surface area contributed by atoms with Gasteiger partial charge >= 0.3 is 0 Å². The maximum absolute atomic E-state index is 5.69. The molecule has 2 heterocycles. The standard InChI is InChI=1S/C16H19N3O/c1-12-18-8-6-14(19-12)11-17-10-13-7-9-20-16-5-3-2-4-15(13)16/h2-6,8,13,17H,7,9-11H2,1H3. The molecule has 4 heteroatoms. The Kier molecular flexibility index (Phi) is 3.92. The Balaban J connectivity index is 1.60. The van der Waals surface area contributed by atoms with Gasteiger partial charge in [0, 0.05) is 25.2 Å². The van der Waals surface area contributed by atoms with Crippen molar-refractivity contribution in [2.45, 2.75) is 25.8 Å². The maximum atomic E-state index is 5.69. The molecular formula is C16H19N3O. The van der Waals surface area contributed by atoms with Crippen LogP contribution in [0.25, 0.3) is 0 Å². The summed E-state index contributed by atoms with van der Waals surface area (Å²) in [6.45, 7) is 4.44. The molecule has 1 unspecified atom stereocenters. The summed E-state index contributed by atoms with van der Waals surface area (Å²) >= 11 is 0. The Morgan fingerprint density at radius 2 is 2.20 bits per heavy atom. The first-order chi connectivity index (χ1) is 9.83. The molecule has 0 amide bonds. The van der Waals surface area contributed by atoms with E-state index in [0.29, 0.717) is 5.92 Å². The number of para-hydroxylation sites is 1. The SMILES string of the molecule is Cc1nccc(CNCC2CCOc3ccccc32)n1. The zero-order valence-corrected chi connectivity index (χ0v) is 11.7. The first kappa shape index (κ1) is 13.1. The van der Waals surface area contributed by atoms with E-state index in [1.54, 1.807) is 0 Å². The molecule has 0 fully saturated rings. The van der Waals surface area contributed by atoms with Crippen LogP contribution in [0.1, 0.15) is 29.4 Å². The van der Waals surface area contributed by atoms with Crippen molar-refractivity contribution in [1.82, 2.24) is 15.3 Å². The summed E-state index contributed by atoms with van der Waals surface area (Å²) in [5.74, 6) is 2.37. The minimum Gasteiger partial charge on any atom is -0.493 e. The average molecular weight is 269 g/mol. The first-order valence-corrected chi connectivity index (χ1v) is 7.04. The van der Waals surface area contributed by atoms with Crippen molar-refractivity contribution in [2.75, 3.05) is 13.2 Å². The van der Waals surface area contributed by atoms with Gasteiger partial charge in [0.2, 0.25) is 0 Å². The second kappa shape index (κ2) is 6.01. The second-order valence-corrected chi connectivity index (χ2v) is 5.10. The van der Waals surface area contributed by atoms with Gasteiger partial charge in [-0.3, -0.25) is 0 Å². The zero-order chi connectivity index (χ0) is 13.8. The van der Waals surface area contributed by atoms with E-state index < -0.39 is 0 Å². The van der Waals surface area contributed by atoms with Crippen LogP contribution < -0.4 is 10.1 Å². The molecular weight excluding hydrogens is 250 g/mol. The van der Waals surface area contributed by atoms with Gasteiger partial charge in [0.1, 0.15) is 11.6 Å². The molecule has 1 aliphatic rings. The summed E-state index contributed by atoms with van der Waals surface area (Å²) in [5.41, 5.74) is 2.35. The van der Waals surface area contributed by atoms with Gasteiger partial charge in [-0.15, -0.1) is 0 Å². The molecule has 4 nitrogen and oxygen atoms in total. The third kappa shape index (κ3) is 2.96. The molecule has 1 aromatic carbocycles. The highest BCUT2D eigenvalue weighted by atomic mass is 16.5. The van der Waals surface area contributed by atoms with Crippen LogP contribution in [0.3, 0.4) is 0 Å². The molecule has 0 saturated carbocycles. The lowest BCUT2D eigenvalue weighted by molar-refractivity contribution is 0.264. The molecule has 1 aliphatic heterocycles. The predicted molar refractivity (Wildman–Crippen MR) is 77.8 cm³/mol. The first-order valence-electron chi connectivity index (χ1n) is 7.04. The Morgan fingerprint density at radius 1 is 1.30 bits per heavy atom. The normalized spacial score (nSPS) is 17.4. The quantitative estimate of drug-likeness (QED) is 0.926. The monoisotopic (exact) mass is 269 g/mol. The highest BCUT2D eigenvalue weighted by Gasteiger charge is 2.20. The molecule has 1 aromatic heterocycles. The molecule has 0 aliphatic carbocycles. The predicted octanol–water partition coefficient (Wildman–Crippen LogP) is 2.44. The highest BCUT2D eigenvalue weighted by Crippen LogP contribution is 2.32. The van der Waals surface area contributed by atoms with Gasteiger partial charge in [0.05, 0.1) is 12.3 Å². The fraction of sp³-hybridized carbons (Fsp3) is 0.375. The number of fused-ring (bicyclic) bond motifs is 1. The number of benzene rings is 1. The van der Waals surface area contributed by atoms with E-state index in [1.807, 2.05) is 25.3 Å². The van der Waals surface area contributed by atoms with E-state index in [4.69, 9.17) is 4.74 Å². The lowest BCUT2D eigenvalue weighted by atomic mass is 9.93. The van der Waals surface area contributed by atoms with E-state index in [2.05, 4.69) is 33.5 Å². The summed E-state index contributed by atoms with van der Waals surface area (Å²) < 4.78 is 5.69. The Hall–Kier alpha value is -1.94. The fourth-order valence-electron chi connectivity index (χ4n) is 2.61. The van der Waals surface area contributed by atoms with Crippen molar-refractivity contribution in [3.8, 4) is 5.75 Å². The van der Waals surface area contributed by atoms with Crippen LogP contribution >= 0.6 is 0 Å². The van der Waals surface area contributed by atoms with Crippen molar-refractivity contribution in [2.24, 2.45) is 0 Å².